The Morgan fingerprint density at radius 2 is 1.88 bits per heavy atom. The number of fused-ring (bicyclic) bond motifs is 1. The van der Waals surface area contributed by atoms with Gasteiger partial charge in [-0.05, 0) is 52.8 Å². The fourth-order valence-corrected chi connectivity index (χ4v) is 3.86. The number of aromatic nitrogens is 1. The van der Waals surface area contributed by atoms with E-state index in [9.17, 15) is 4.79 Å². The molecule has 120 valence electrons. The predicted octanol–water partition coefficient (Wildman–Crippen LogP) is 4.70. The van der Waals surface area contributed by atoms with E-state index in [1.807, 2.05) is 35.2 Å². The molecule has 3 nitrogen and oxygen atoms in total. The number of carbonyl (C=O) groups excluding carboxylic acids is 1. The Balaban J connectivity index is 1.57. The van der Waals surface area contributed by atoms with Gasteiger partial charge in [-0.3, -0.25) is 4.79 Å². The molecule has 0 unspecified atom stereocenters. The van der Waals surface area contributed by atoms with Gasteiger partial charge in [0, 0.05) is 39.3 Å². The van der Waals surface area contributed by atoms with Crippen molar-refractivity contribution in [1.29, 1.82) is 0 Å². The molecule has 1 amide bonds. The van der Waals surface area contributed by atoms with Crippen molar-refractivity contribution in [3.8, 4) is 0 Å². The number of amides is 1. The van der Waals surface area contributed by atoms with Gasteiger partial charge in [0.1, 0.15) is 0 Å². The summed E-state index contributed by atoms with van der Waals surface area (Å²) >= 11 is 2.23. The van der Waals surface area contributed by atoms with Crippen molar-refractivity contribution in [1.82, 2.24) is 9.88 Å². The molecule has 0 bridgehead atoms. The topological polar surface area (TPSA) is 36.1 Å². The van der Waals surface area contributed by atoms with Gasteiger partial charge in [0.15, 0.2) is 0 Å². The smallest absolute Gasteiger partial charge is 0.255 e. The van der Waals surface area contributed by atoms with Crippen molar-refractivity contribution in [3.63, 3.8) is 0 Å². The largest absolute Gasteiger partial charge is 0.361 e. The highest BCUT2D eigenvalue weighted by Gasteiger charge is 2.21. The maximum Gasteiger partial charge on any atom is 0.255 e. The van der Waals surface area contributed by atoms with Gasteiger partial charge in [-0.1, -0.05) is 36.4 Å². The summed E-state index contributed by atoms with van der Waals surface area (Å²) in [5.41, 5.74) is 4.53. The van der Waals surface area contributed by atoms with Crippen molar-refractivity contribution >= 4 is 45.0 Å². The maximum atomic E-state index is 12.7. The molecule has 2 heterocycles. The normalized spacial score (nSPS) is 14.7. The second kappa shape index (κ2) is 6.43. The quantitative estimate of drug-likeness (QED) is 0.591. The fourth-order valence-electron chi connectivity index (χ4n) is 3.24. The molecule has 0 spiro atoms. The second-order valence-electron chi connectivity index (χ2n) is 5.96. The van der Waals surface area contributed by atoms with E-state index in [0.717, 1.165) is 27.6 Å². The minimum Gasteiger partial charge on any atom is -0.361 e. The Kier molecular flexibility index (Phi) is 4.14. The number of hydrogen-bond acceptors (Lipinski definition) is 1. The van der Waals surface area contributed by atoms with Crippen LogP contribution in [-0.2, 0) is 0 Å². The van der Waals surface area contributed by atoms with Crippen LogP contribution >= 0.6 is 22.6 Å². The Hall–Kier alpha value is -2.08. The first-order valence-electron chi connectivity index (χ1n) is 8.03. The Morgan fingerprint density at radius 3 is 2.67 bits per heavy atom. The van der Waals surface area contributed by atoms with Crippen LogP contribution in [-0.4, -0.2) is 28.9 Å². The first-order chi connectivity index (χ1) is 11.7. The van der Waals surface area contributed by atoms with Crippen molar-refractivity contribution in [2.75, 3.05) is 13.1 Å². The Labute approximate surface area is 154 Å². The number of benzene rings is 2. The highest BCUT2D eigenvalue weighted by atomic mass is 127. The molecule has 1 aromatic heterocycles. The SMILES string of the molecule is O=C(c1ccccc1I)N1CC=C(c2c[nH]c3ccccc23)CC1. The van der Waals surface area contributed by atoms with Gasteiger partial charge >= 0.3 is 0 Å². The molecule has 0 fully saturated rings. The van der Waals surface area contributed by atoms with Gasteiger partial charge < -0.3 is 9.88 Å². The minimum atomic E-state index is 0.120. The fraction of sp³-hybridized carbons (Fsp3) is 0.150. The van der Waals surface area contributed by atoms with Gasteiger partial charge in [0.05, 0.1) is 5.56 Å². The van der Waals surface area contributed by atoms with E-state index in [4.69, 9.17) is 0 Å². The highest BCUT2D eigenvalue weighted by Crippen LogP contribution is 2.29. The first kappa shape index (κ1) is 15.4. The lowest BCUT2D eigenvalue weighted by molar-refractivity contribution is 0.0772. The number of halogens is 1. The van der Waals surface area contributed by atoms with E-state index >= 15 is 0 Å². The number of aromatic amines is 1. The summed E-state index contributed by atoms with van der Waals surface area (Å²) in [5, 5.41) is 1.25. The number of nitrogens with one attached hydrogen (secondary N) is 1. The molecule has 1 N–H and O–H groups in total. The molecule has 0 saturated heterocycles. The van der Waals surface area contributed by atoms with Crippen LogP contribution in [0.3, 0.4) is 0 Å². The number of rotatable bonds is 2. The third-order valence-electron chi connectivity index (χ3n) is 4.54. The van der Waals surface area contributed by atoms with Gasteiger partial charge in [-0.25, -0.2) is 0 Å². The van der Waals surface area contributed by atoms with E-state index in [-0.39, 0.29) is 5.91 Å². The van der Waals surface area contributed by atoms with Gasteiger partial charge in [0.25, 0.3) is 5.91 Å². The van der Waals surface area contributed by atoms with E-state index in [1.165, 1.54) is 16.5 Å². The predicted molar refractivity (Wildman–Crippen MR) is 106 cm³/mol. The summed E-state index contributed by atoms with van der Waals surface area (Å²) in [6, 6.07) is 16.1. The lowest BCUT2D eigenvalue weighted by Crippen LogP contribution is -2.35. The maximum absolute atomic E-state index is 12.7. The molecule has 3 aromatic rings. The average molecular weight is 428 g/mol. The molecule has 0 radical (unpaired) electrons. The summed E-state index contributed by atoms with van der Waals surface area (Å²) in [6.07, 6.45) is 5.15. The number of para-hydroxylation sites is 1. The number of nitrogens with zero attached hydrogens (tertiary/aromatic N) is 1. The Morgan fingerprint density at radius 1 is 1.08 bits per heavy atom. The third kappa shape index (κ3) is 2.75. The molecule has 24 heavy (non-hydrogen) atoms. The molecule has 0 atom stereocenters. The summed E-state index contributed by atoms with van der Waals surface area (Å²) in [4.78, 5) is 18.0. The molecular formula is C20H17IN2O. The van der Waals surface area contributed by atoms with Crippen molar-refractivity contribution in [2.45, 2.75) is 6.42 Å². The van der Waals surface area contributed by atoms with Gasteiger partial charge in [-0.15, -0.1) is 0 Å². The van der Waals surface area contributed by atoms with Crippen molar-refractivity contribution in [3.05, 3.63) is 75.5 Å². The zero-order chi connectivity index (χ0) is 16.5. The average Bonchev–Trinajstić information content (AvgIpc) is 3.06. The van der Waals surface area contributed by atoms with Crippen LogP contribution in [0.4, 0.5) is 0 Å². The van der Waals surface area contributed by atoms with Crippen molar-refractivity contribution in [2.24, 2.45) is 0 Å². The zero-order valence-electron chi connectivity index (χ0n) is 13.1. The van der Waals surface area contributed by atoms with Crippen LogP contribution in [0.1, 0.15) is 22.3 Å². The summed E-state index contributed by atoms with van der Waals surface area (Å²) in [6.45, 7) is 1.42. The highest BCUT2D eigenvalue weighted by molar-refractivity contribution is 14.1. The first-order valence-corrected chi connectivity index (χ1v) is 9.11. The zero-order valence-corrected chi connectivity index (χ0v) is 15.3. The van der Waals surface area contributed by atoms with Crippen LogP contribution in [0.25, 0.3) is 16.5 Å². The van der Waals surface area contributed by atoms with E-state index in [0.29, 0.717) is 6.54 Å². The van der Waals surface area contributed by atoms with E-state index in [2.05, 4.69) is 58.0 Å². The van der Waals surface area contributed by atoms with Crippen LogP contribution in [0.5, 0.6) is 0 Å². The molecular weight excluding hydrogens is 411 g/mol. The summed E-state index contributed by atoms with van der Waals surface area (Å²) in [7, 11) is 0. The van der Waals surface area contributed by atoms with E-state index < -0.39 is 0 Å². The third-order valence-corrected chi connectivity index (χ3v) is 5.48. The molecule has 1 aliphatic rings. The summed E-state index contributed by atoms with van der Waals surface area (Å²) < 4.78 is 1.01. The molecule has 0 saturated carbocycles. The van der Waals surface area contributed by atoms with Gasteiger partial charge in [0.2, 0.25) is 0 Å². The lowest BCUT2D eigenvalue weighted by Gasteiger charge is -2.27. The van der Waals surface area contributed by atoms with Crippen LogP contribution in [0.2, 0.25) is 0 Å². The summed E-state index contributed by atoms with van der Waals surface area (Å²) in [5.74, 6) is 0.120. The van der Waals surface area contributed by atoms with Crippen LogP contribution < -0.4 is 0 Å². The number of carbonyl (C=O) groups is 1. The van der Waals surface area contributed by atoms with Crippen LogP contribution in [0, 0.1) is 3.57 Å². The second-order valence-corrected chi connectivity index (χ2v) is 7.12. The lowest BCUT2D eigenvalue weighted by atomic mass is 9.98. The van der Waals surface area contributed by atoms with E-state index in [1.54, 1.807) is 0 Å². The van der Waals surface area contributed by atoms with Crippen molar-refractivity contribution < 1.29 is 4.79 Å². The Bertz CT molecular complexity index is 941. The molecule has 4 heteroatoms. The van der Waals surface area contributed by atoms with Crippen LogP contribution in [0.15, 0.2) is 60.8 Å². The molecule has 2 aromatic carbocycles. The number of H-pyrrole nitrogens is 1. The molecule has 0 aliphatic carbocycles. The number of hydrogen-bond donors (Lipinski definition) is 1. The molecule has 4 rings (SSSR count). The minimum absolute atomic E-state index is 0.120. The monoisotopic (exact) mass is 428 g/mol. The molecule has 1 aliphatic heterocycles. The van der Waals surface area contributed by atoms with Gasteiger partial charge in [-0.2, -0.15) is 0 Å². The standard InChI is InChI=1S/C20H17IN2O/c21-18-7-3-1-6-16(18)20(24)23-11-9-14(10-12-23)17-13-22-19-8-4-2-5-15(17)19/h1-9,13,22H,10-12H2.